The van der Waals surface area contributed by atoms with Gasteiger partial charge in [-0.25, -0.2) is 24.2 Å². The van der Waals surface area contributed by atoms with Gasteiger partial charge in [0, 0.05) is 46.5 Å². The summed E-state index contributed by atoms with van der Waals surface area (Å²) in [6.45, 7) is 10.7. The van der Waals surface area contributed by atoms with E-state index in [1.165, 1.54) is 37.5 Å². The van der Waals surface area contributed by atoms with Gasteiger partial charge < -0.3 is 39.6 Å². The maximum absolute atomic E-state index is 14.2. The summed E-state index contributed by atoms with van der Waals surface area (Å²) in [5, 5.41) is 18.9. The minimum absolute atomic E-state index is 0.0325. The van der Waals surface area contributed by atoms with Crippen LogP contribution in [0.2, 0.25) is 0 Å². The minimum atomic E-state index is -1.23. The summed E-state index contributed by atoms with van der Waals surface area (Å²) < 4.78 is 27.0. The molecule has 3 aromatic carbocycles. The number of aromatic nitrogens is 1. The summed E-state index contributed by atoms with van der Waals surface area (Å²) in [7, 11) is 1.42. The Bertz CT molecular complexity index is 2430. The van der Waals surface area contributed by atoms with Gasteiger partial charge in [0.05, 0.1) is 13.7 Å². The molecule has 0 unspecified atom stereocenters. The van der Waals surface area contributed by atoms with E-state index in [1.807, 2.05) is 0 Å². The van der Waals surface area contributed by atoms with Crippen LogP contribution in [0, 0.1) is 11.3 Å². The standard InChI is InChI=1S/C50H58N6O11/c1-7-9-10-14-25-64-48(61)56-43(51)34-19-21-35(22-20-34)53-44(57)38-27-33(8-2)41(63-6)28-37(38)36-23-24-39(45(58)52-29-32-17-18-32)54-42(36)47(60)66-30-65-46(59)40(26-31-15-12-11-13-16-31)55-49(62)67-50(3,4)5/h8,11-13,15-16,19-24,27-28,32,40H,2,7,9-10,14,17-18,25-26,29-30H2,1,3-6H3,(H,52,58)(H,53,57)(H,55,62)(H2,51,56,61)/t40-/m0/s1. The zero-order valence-electron chi connectivity index (χ0n) is 38.5. The van der Waals surface area contributed by atoms with Crippen molar-refractivity contribution < 1.29 is 52.5 Å². The molecule has 1 fully saturated rings. The van der Waals surface area contributed by atoms with Crippen molar-refractivity contribution in [1.82, 2.24) is 20.9 Å². The second-order valence-electron chi connectivity index (χ2n) is 16.7. The quantitative estimate of drug-likeness (QED) is 0.0133. The molecule has 1 saturated carbocycles. The van der Waals surface area contributed by atoms with Crippen molar-refractivity contribution in [2.24, 2.45) is 5.92 Å². The molecule has 5 rings (SSSR count). The van der Waals surface area contributed by atoms with Gasteiger partial charge in [0.1, 0.15) is 28.9 Å². The monoisotopic (exact) mass is 918 g/mol. The summed E-state index contributed by atoms with van der Waals surface area (Å²) in [5.74, 6) is -2.76. The highest BCUT2D eigenvalue weighted by molar-refractivity contribution is 6.11. The average molecular weight is 919 g/mol. The summed E-state index contributed by atoms with van der Waals surface area (Å²) in [6.07, 6.45) is 5.63. The van der Waals surface area contributed by atoms with E-state index in [-0.39, 0.29) is 52.7 Å². The number of rotatable bonds is 21. The minimum Gasteiger partial charge on any atom is -0.496 e. The topological polar surface area (TPSA) is 233 Å². The zero-order chi connectivity index (χ0) is 48.5. The van der Waals surface area contributed by atoms with E-state index in [1.54, 1.807) is 75.4 Å². The molecule has 5 N–H and O–H groups in total. The summed E-state index contributed by atoms with van der Waals surface area (Å²) in [4.78, 5) is 84.4. The van der Waals surface area contributed by atoms with Crippen LogP contribution >= 0.6 is 0 Å². The number of benzene rings is 3. The number of amides is 4. The second kappa shape index (κ2) is 24.1. The van der Waals surface area contributed by atoms with Gasteiger partial charge in [0.25, 0.3) is 11.8 Å². The predicted octanol–water partition coefficient (Wildman–Crippen LogP) is 8.22. The molecule has 0 aliphatic heterocycles. The molecule has 0 radical (unpaired) electrons. The highest BCUT2D eigenvalue weighted by Crippen LogP contribution is 2.35. The van der Waals surface area contributed by atoms with E-state index < -0.39 is 54.4 Å². The Balaban J connectivity index is 1.40. The van der Waals surface area contributed by atoms with Crippen molar-refractivity contribution in [2.45, 2.75) is 84.3 Å². The molecule has 1 aromatic heterocycles. The fourth-order valence-electron chi connectivity index (χ4n) is 6.58. The van der Waals surface area contributed by atoms with Crippen LogP contribution < -0.4 is 26.0 Å². The van der Waals surface area contributed by atoms with Gasteiger partial charge in [-0.05, 0) is 100 Å². The molecule has 354 valence electrons. The lowest BCUT2D eigenvalue weighted by atomic mass is 9.94. The maximum atomic E-state index is 14.2. The first-order valence-corrected chi connectivity index (χ1v) is 22.0. The third kappa shape index (κ3) is 15.5. The van der Waals surface area contributed by atoms with Gasteiger partial charge >= 0.3 is 24.1 Å². The highest BCUT2D eigenvalue weighted by Gasteiger charge is 2.29. The number of nitrogens with zero attached hydrogens (tertiary/aromatic N) is 1. The predicted molar refractivity (Wildman–Crippen MR) is 251 cm³/mol. The smallest absolute Gasteiger partial charge is 0.412 e. The molecule has 4 aromatic rings. The summed E-state index contributed by atoms with van der Waals surface area (Å²) >= 11 is 0. The van der Waals surface area contributed by atoms with E-state index in [0.717, 1.165) is 38.5 Å². The van der Waals surface area contributed by atoms with E-state index in [4.69, 9.17) is 29.1 Å². The first kappa shape index (κ1) is 50.4. The molecule has 0 spiro atoms. The number of amidine groups is 1. The summed E-state index contributed by atoms with van der Waals surface area (Å²) in [5.41, 5.74) is 0.735. The number of esters is 2. The molecule has 17 nitrogen and oxygen atoms in total. The van der Waals surface area contributed by atoms with Crippen LogP contribution in [0.15, 0.2) is 85.4 Å². The number of carbonyl (C=O) groups excluding carboxylic acids is 6. The third-order valence-electron chi connectivity index (χ3n) is 10.2. The molecule has 1 atom stereocenters. The highest BCUT2D eigenvalue weighted by atomic mass is 16.7. The van der Waals surface area contributed by atoms with Crippen molar-refractivity contribution in [3.63, 3.8) is 0 Å². The molecule has 4 amide bonds. The Kier molecular flexibility index (Phi) is 18.1. The van der Waals surface area contributed by atoms with E-state index in [0.29, 0.717) is 34.8 Å². The number of anilines is 1. The maximum Gasteiger partial charge on any atom is 0.412 e. The van der Waals surface area contributed by atoms with Crippen LogP contribution in [0.4, 0.5) is 15.3 Å². The average Bonchev–Trinajstić information content (AvgIpc) is 4.14. The van der Waals surface area contributed by atoms with Crippen LogP contribution in [-0.4, -0.2) is 85.5 Å². The third-order valence-corrected chi connectivity index (χ3v) is 10.2. The zero-order valence-corrected chi connectivity index (χ0v) is 38.5. The molecular formula is C50H58N6O11. The number of unbranched alkanes of at least 4 members (excludes halogenated alkanes) is 3. The number of methoxy groups -OCH3 is 1. The molecular weight excluding hydrogens is 861 g/mol. The van der Waals surface area contributed by atoms with Gasteiger partial charge in [-0.2, -0.15) is 0 Å². The number of hydrogen-bond acceptors (Lipinski definition) is 13. The van der Waals surface area contributed by atoms with Gasteiger partial charge in [-0.15, -0.1) is 0 Å². The number of ether oxygens (including phenoxy) is 5. The lowest BCUT2D eigenvalue weighted by Crippen LogP contribution is -2.45. The molecule has 17 heteroatoms. The Morgan fingerprint density at radius 1 is 0.866 bits per heavy atom. The Labute approximate surface area is 389 Å². The number of carbonyl (C=O) groups is 6. The molecule has 1 heterocycles. The second-order valence-corrected chi connectivity index (χ2v) is 16.7. The Hall–Kier alpha value is -7.56. The van der Waals surface area contributed by atoms with Crippen LogP contribution in [0.25, 0.3) is 17.2 Å². The molecule has 0 saturated heterocycles. The van der Waals surface area contributed by atoms with E-state index in [2.05, 4.69) is 39.8 Å². The Morgan fingerprint density at radius 3 is 2.25 bits per heavy atom. The van der Waals surface area contributed by atoms with Crippen LogP contribution in [0.3, 0.4) is 0 Å². The molecule has 1 aliphatic rings. The fraction of sp³-hybridized carbons (Fsp3) is 0.360. The molecule has 67 heavy (non-hydrogen) atoms. The van der Waals surface area contributed by atoms with Crippen molar-refractivity contribution >= 4 is 53.5 Å². The number of alkyl carbamates (subject to hydrolysis) is 2. The lowest BCUT2D eigenvalue weighted by Gasteiger charge is -2.23. The van der Waals surface area contributed by atoms with Crippen LogP contribution in [0.5, 0.6) is 5.75 Å². The fourth-order valence-corrected chi connectivity index (χ4v) is 6.58. The van der Waals surface area contributed by atoms with Gasteiger partial charge in [-0.1, -0.05) is 69.2 Å². The van der Waals surface area contributed by atoms with Crippen molar-refractivity contribution in [2.75, 3.05) is 32.4 Å². The lowest BCUT2D eigenvalue weighted by molar-refractivity contribution is -0.154. The number of pyridine rings is 1. The van der Waals surface area contributed by atoms with Crippen molar-refractivity contribution in [3.05, 3.63) is 119 Å². The first-order chi connectivity index (χ1) is 32.1. The van der Waals surface area contributed by atoms with Crippen molar-refractivity contribution in [3.8, 4) is 16.9 Å². The van der Waals surface area contributed by atoms with E-state index in [9.17, 15) is 28.8 Å². The normalized spacial score (nSPS) is 12.4. The SMILES string of the molecule is C=Cc1cc(C(=O)Nc2ccc(C(=N)NC(=O)OCCCCCC)cc2)c(-c2ccc(C(=O)NCC3CC3)nc2C(=O)OCOC(=O)[C@H](Cc2ccccc2)NC(=O)OC(C)(C)C)cc1OC. The number of hydrogen-bond donors (Lipinski definition) is 5. The molecule has 0 bridgehead atoms. The van der Waals surface area contributed by atoms with Crippen LogP contribution in [-0.2, 0) is 30.2 Å². The summed E-state index contributed by atoms with van der Waals surface area (Å²) in [6, 6.07) is 19.7. The number of nitrogens with one attached hydrogen (secondary N) is 5. The van der Waals surface area contributed by atoms with Crippen LogP contribution in [0.1, 0.15) is 114 Å². The first-order valence-electron chi connectivity index (χ1n) is 22.0. The van der Waals surface area contributed by atoms with Gasteiger partial charge in [0.2, 0.25) is 6.79 Å². The van der Waals surface area contributed by atoms with E-state index >= 15 is 0 Å². The van der Waals surface area contributed by atoms with Gasteiger partial charge in [-0.3, -0.25) is 20.3 Å². The van der Waals surface area contributed by atoms with Gasteiger partial charge in [0.15, 0.2) is 5.69 Å². The molecule has 1 aliphatic carbocycles. The van der Waals surface area contributed by atoms with Crippen molar-refractivity contribution in [1.29, 1.82) is 5.41 Å². The largest absolute Gasteiger partial charge is 0.496 e. The Morgan fingerprint density at radius 2 is 1.60 bits per heavy atom.